The zero-order valence-corrected chi connectivity index (χ0v) is 10.9. The molecule has 0 bridgehead atoms. The van der Waals surface area contributed by atoms with E-state index in [4.69, 9.17) is 4.74 Å². The molecule has 3 rings (SSSR count). The van der Waals surface area contributed by atoms with Crippen LogP contribution in [0.15, 0.2) is 24.3 Å². The van der Waals surface area contributed by atoms with Gasteiger partial charge in [-0.1, -0.05) is 18.2 Å². The average Bonchev–Trinajstić information content (AvgIpc) is 2.80. The van der Waals surface area contributed by atoms with Crippen LogP contribution in [0.2, 0.25) is 0 Å². The molecular weight excluding hydrogens is 250 g/mol. The van der Waals surface area contributed by atoms with Crippen LogP contribution in [-0.2, 0) is 9.84 Å². The van der Waals surface area contributed by atoms with E-state index < -0.39 is 9.84 Å². The molecule has 0 aromatic heterocycles. The SMILES string of the molecule is O=S1(=O)CC(Oc2ccccc2C2CCNC2)C1. The monoisotopic (exact) mass is 267 g/mol. The Hall–Kier alpha value is -1.07. The lowest BCUT2D eigenvalue weighted by Gasteiger charge is -2.28. The molecule has 2 aliphatic heterocycles. The number of nitrogens with one attached hydrogen (secondary N) is 1. The van der Waals surface area contributed by atoms with E-state index >= 15 is 0 Å². The Balaban J connectivity index is 1.75. The summed E-state index contributed by atoms with van der Waals surface area (Å²) in [4.78, 5) is 0. The van der Waals surface area contributed by atoms with E-state index in [0.717, 1.165) is 25.3 Å². The van der Waals surface area contributed by atoms with Crippen LogP contribution in [0.25, 0.3) is 0 Å². The van der Waals surface area contributed by atoms with E-state index in [1.807, 2.05) is 18.2 Å². The first-order valence-corrected chi connectivity index (χ1v) is 8.13. The molecule has 0 spiro atoms. The second-order valence-electron chi connectivity index (χ2n) is 5.04. The molecule has 18 heavy (non-hydrogen) atoms. The van der Waals surface area contributed by atoms with Crippen molar-refractivity contribution in [1.82, 2.24) is 5.32 Å². The van der Waals surface area contributed by atoms with Crippen molar-refractivity contribution in [3.05, 3.63) is 29.8 Å². The molecule has 4 nitrogen and oxygen atoms in total. The molecule has 98 valence electrons. The smallest absolute Gasteiger partial charge is 0.157 e. The first-order chi connectivity index (χ1) is 8.64. The van der Waals surface area contributed by atoms with Gasteiger partial charge in [0.25, 0.3) is 0 Å². The number of hydrogen-bond acceptors (Lipinski definition) is 4. The van der Waals surface area contributed by atoms with Gasteiger partial charge in [0.2, 0.25) is 0 Å². The van der Waals surface area contributed by atoms with Gasteiger partial charge < -0.3 is 10.1 Å². The molecule has 0 radical (unpaired) electrons. The van der Waals surface area contributed by atoms with Crippen LogP contribution in [-0.4, -0.2) is 39.1 Å². The third kappa shape index (κ3) is 2.37. The molecule has 0 saturated carbocycles. The Kier molecular flexibility index (Phi) is 3.03. The molecule has 1 unspecified atom stereocenters. The van der Waals surface area contributed by atoms with Gasteiger partial charge in [0.05, 0.1) is 11.5 Å². The van der Waals surface area contributed by atoms with Gasteiger partial charge in [0.1, 0.15) is 11.9 Å². The molecule has 5 heteroatoms. The van der Waals surface area contributed by atoms with Crippen molar-refractivity contribution in [2.75, 3.05) is 24.6 Å². The van der Waals surface area contributed by atoms with E-state index in [2.05, 4.69) is 11.4 Å². The number of benzene rings is 1. The van der Waals surface area contributed by atoms with Crippen molar-refractivity contribution in [1.29, 1.82) is 0 Å². The van der Waals surface area contributed by atoms with Crippen LogP contribution in [0.3, 0.4) is 0 Å². The Morgan fingerprint density at radius 2 is 2.00 bits per heavy atom. The summed E-state index contributed by atoms with van der Waals surface area (Å²) in [5.74, 6) is 1.65. The molecule has 1 atom stereocenters. The van der Waals surface area contributed by atoms with Crippen LogP contribution in [0.5, 0.6) is 5.75 Å². The third-order valence-corrected chi connectivity index (χ3v) is 5.35. The highest BCUT2D eigenvalue weighted by molar-refractivity contribution is 7.92. The van der Waals surface area contributed by atoms with Crippen molar-refractivity contribution in [2.45, 2.75) is 18.4 Å². The van der Waals surface area contributed by atoms with E-state index in [-0.39, 0.29) is 17.6 Å². The van der Waals surface area contributed by atoms with Crippen molar-refractivity contribution in [3.63, 3.8) is 0 Å². The fourth-order valence-electron chi connectivity index (χ4n) is 2.61. The van der Waals surface area contributed by atoms with Gasteiger partial charge in [-0.2, -0.15) is 0 Å². The summed E-state index contributed by atoms with van der Waals surface area (Å²) in [6.45, 7) is 2.01. The highest BCUT2D eigenvalue weighted by Gasteiger charge is 2.35. The maximum Gasteiger partial charge on any atom is 0.157 e. The lowest BCUT2D eigenvalue weighted by atomic mass is 9.97. The van der Waals surface area contributed by atoms with Crippen molar-refractivity contribution in [3.8, 4) is 5.75 Å². The minimum absolute atomic E-state index is 0.157. The van der Waals surface area contributed by atoms with E-state index in [9.17, 15) is 8.42 Å². The van der Waals surface area contributed by atoms with Gasteiger partial charge in [-0.3, -0.25) is 0 Å². The Morgan fingerprint density at radius 3 is 2.67 bits per heavy atom. The van der Waals surface area contributed by atoms with Gasteiger partial charge in [0.15, 0.2) is 9.84 Å². The molecule has 2 aliphatic rings. The predicted octanol–water partition coefficient (Wildman–Crippen LogP) is 0.939. The second kappa shape index (κ2) is 4.55. The standard InChI is InChI=1S/C13H17NO3S/c15-18(16)8-11(9-18)17-13-4-2-1-3-12(13)10-5-6-14-7-10/h1-4,10-11,14H,5-9H2. The highest BCUT2D eigenvalue weighted by atomic mass is 32.2. The summed E-state index contributed by atoms with van der Waals surface area (Å²) in [5.41, 5.74) is 1.20. The van der Waals surface area contributed by atoms with Crippen molar-refractivity contribution < 1.29 is 13.2 Å². The molecule has 2 saturated heterocycles. The van der Waals surface area contributed by atoms with Gasteiger partial charge in [0, 0.05) is 12.5 Å². The van der Waals surface area contributed by atoms with Gasteiger partial charge in [-0.25, -0.2) is 8.42 Å². The number of sulfone groups is 1. The number of rotatable bonds is 3. The average molecular weight is 267 g/mol. The fraction of sp³-hybridized carbons (Fsp3) is 0.538. The van der Waals surface area contributed by atoms with Crippen molar-refractivity contribution in [2.24, 2.45) is 0 Å². The third-order valence-electron chi connectivity index (χ3n) is 3.59. The molecule has 1 aromatic carbocycles. The topological polar surface area (TPSA) is 55.4 Å². The Bertz CT molecular complexity index is 523. The van der Waals surface area contributed by atoms with Crippen LogP contribution < -0.4 is 10.1 Å². The maximum atomic E-state index is 11.1. The molecule has 2 heterocycles. The Labute approximate surface area is 107 Å². The first kappa shape index (κ1) is 12.0. The summed E-state index contributed by atoms with van der Waals surface area (Å²) in [6, 6.07) is 7.98. The van der Waals surface area contributed by atoms with Crippen LogP contribution in [0.1, 0.15) is 17.9 Å². The summed E-state index contributed by atoms with van der Waals surface area (Å²) < 4.78 is 28.1. The molecule has 2 fully saturated rings. The summed E-state index contributed by atoms with van der Waals surface area (Å²) >= 11 is 0. The number of para-hydroxylation sites is 1. The quantitative estimate of drug-likeness (QED) is 0.885. The Morgan fingerprint density at radius 1 is 1.22 bits per heavy atom. The lowest BCUT2D eigenvalue weighted by Crippen LogP contribution is -2.45. The molecular formula is C13H17NO3S. The molecule has 1 aromatic rings. The van der Waals surface area contributed by atoms with Gasteiger partial charge in [-0.15, -0.1) is 0 Å². The largest absolute Gasteiger partial charge is 0.488 e. The van der Waals surface area contributed by atoms with Crippen LogP contribution in [0.4, 0.5) is 0 Å². The lowest BCUT2D eigenvalue weighted by molar-refractivity contribution is 0.227. The summed E-state index contributed by atoms with van der Waals surface area (Å²) in [5, 5.41) is 3.34. The van der Waals surface area contributed by atoms with Crippen LogP contribution >= 0.6 is 0 Å². The van der Waals surface area contributed by atoms with E-state index in [1.54, 1.807) is 0 Å². The molecule has 1 N–H and O–H groups in total. The van der Waals surface area contributed by atoms with Crippen LogP contribution in [0, 0.1) is 0 Å². The predicted molar refractivity (Wildman–Crippen MR) is 69.7 cm³/mol. The minimum atomic E-state index is -2.82. The van der Waals surface area contributed by atoms with Gasteiger partial charge >= 0.3 is 0 Å². The minimum Gasteiger partial charge on any atom is -0.488 e. The molecule has 0 amide bonds. The molecule has 0 aliphatic carbocycles. The zero-order valence-electron chi connectivity index (χ0n) is 10.1. The zero-order chi connectivity index (χ0) is 12.6. The fourth-order valence-corrected chi connectivity index (χ4v) is 3.78. The highest BCUT2D eigenvalue weighted by Crippen LogP contribution is 2.32. The van der Waals surface area contributed by atoms with E-state index in [1.165, 1.54) is 5.56 Å². The second-order valence-corrected chi connectivity index (χ2v) is 7.20. The first-order valence-electron chi connectivity index (χ1n) is 6.31. The van der Waals surface area contributed by atoms with E-state index in [0.29, 0.717) is 5.92 Å². The summed E-state index contributed by atoms with van der Waals surface area (Å²) in [6.07, 6.45) is 0.953. The number of ether oxygens (including phenoxy) is 1. The summed E-state index contributed by atoms with van der Waals surface area (Å²) in [7, 11) is -2.82. The normalized spacial score (nSPS) is 26.8. The van der Waals surface area contributed by atoms with Gasteiger partial charge in [-0.05, 0) is 24.6 Å². The maximum absolute atomic E-state index is 11.1. The number of hydrogen-bond donors (Lipinski definition) is 1. The van der Waals surface area contributed by atoms with Crippen molar-refractivity contribution >= 4 is 9.84 Å².